The lowest BCUT2D eigenvalue weighted by Gasteiger charge is -2.20. The van der Waals surface area contributed by atoms with E-state index in [1.54, 1.807) is 0 Å². The fourth-order valence-corrected chi connectivity index (χ4v) is 1.85. The largest absolute Gasteiger partial charge is 0.616 e. The maximum atomic E-state index is 10.8. The molecule has 0 aromatic rings. The molecule has 1 radical (unpaired) electrons. The van der Waals surface area contributed by atoms with Crippen LogP contribution in [0.25, 0.3) is 0 Å². The SMILES string of the molecule is O=C(O)C1C[S+]([O-])CC[N]1. The van der Waals surface area contributed by atoms with Crippen LogP contribution in [0.2, 0.25) is 0 Å². The Morgan fingerprint density at radius 3 is 2.90 bits per heavy atom. The topological polar surface area (TPSA) is 74.5 Å². The first-order chi connectivity index (χ1) is 4.70. The molecule has 2 atom stereocenters. The van der Waals surface area contributed by atoms with Crippen LogP contribution in [0, 0.1) is 0 Å². The number of aliphatic carboxylic acids is 1. The average Bonchev–Trinajstić information content (AvgIpc) is 1.88. The third-order valence-corrected chi connectivity index (χ3v) is 2.62. The second kappa shape index (κ2) is 3.23. The van der Waals surface area contributed by atoms with E-state index in [1.165, 1.54) is 0 Å². The summed E-state index contributed by atoms with van der Waals surface area (Å²) in [6, 6.07) is -0.727. The second-order valence-electron chi connectivity index (χ2n) is 2.07. The molecule has 1 saturated heterocycles. The fraction of sp³-hybridized carbons (Fsp3) is 0.800. The summed E-state index contributed by atoms with van der Waals surface area (Å²) in [5, 5.41) is 12.2. The smallest absolute Gasteiger partial charge is 0.327 e. The Kier molecular flexibility index (Phi) is 2.53. The van der Waals surface area contributed by atoms with Gasteiger partial charge in [-0.15, -0.1) is 0 Å². The number of carbonyl (C=O) groups is 1. The van der Waals surface area contributed by atoms with Gasteiger partial charge in [0.2, 0.25) is 0 Å². The van der Waals surface area contributed by atoms with Crippen molar-refractivity contribution in [2.45, 2.75) is 6.04 Å². The minimum absolute atomic E-state index is 0.190. The molecular formula is C5H8NO3S. The Labute approximate surface area is 61.8 Å². The molecule has 1 aliphatic rings. The number of nitrogens with zero attached hydrogens (tertiary/aromatic N) is 1. The molecule has 4 nitrogen and oxygen atoms in total. The first-order valence-electron chi connectivity index (χ1n) is 2.94. The van der Waals surface area contributed by atoms with Crippen molar-refractivity contribution >= 4 is 17.1 Å². The second-order valence-corrected chi connectivity index (χ2v) is 3.69. The molecule has 0 amide bonds. The summed E-state index contributed by atoms with van der Waals surface area (Å²) in [6.45, 7) is 0.420. The van der Waals surface area contributed by atoms with E-state index in [1.807, 2.05) is 0 Å². The van der Waals surface area contributed by atoms with E-state index in [-0.39, 0.29) is 5.75 Å². The Balaban J connectivity index is 2.39. The van der Waals surface area contributed by atoms with Crippen LogP contribution in [-0.2, 0) is 16.0 Å². The maximum Gasteiger partial charge on any atom is 0.327 e. The molecule has 0 aromatic carbocycles. The van der Waals surface area contributed by atoms with Crippen molar-refractivity contribution in [1.29, 1.82) is 0 Å². The van der Waals surface area contributed by atoms with Crippen LogP contribution >= 0.6 is 0 Å². The number of carboxylic acid groups (broad SMARTS) is 1. The lowest BCUT2D eigenvalue weighted by molar-refractivity contribution is -0.139. The summed E-state index contributed by atoms with van der Waals surface area (Å²) in [6.07, 6.45) is 0. The van der Waals surface area contributed by atoms with Gasteiger partial charge in [0.25, 0.3) is 0 Å². The van der Waals surface area contributed by atoms with Crippen molar-refractivity contribution in [2.75, 3.05) is 18.1 Å². The van der Waals surface area contributed by atoms with Gasteiger partial charge in [-0.1, -0.05) is 11.2 Å². The van der Waals surface area contributed by atoms with Crippen LogP contribution in [0.3, 0.4) is 0 Å². The van der Waals surface area contributed by atoms with Crippen LogP contribution in [0.4, 0.5) is 0 Å². The lowest BCUT2D eigenvalue weighted by Crippen LogP contribution is -2.45. The molecule has 0 saturated carbocycles. The molecule has 5 heteroatoms. The Hall–Kier alpha value is -0.260. The normalized spacial score (nSPS) is 33.7. The van der Waals surface area contributed by atoms with Crippen molar-refractivity contribution in [1.82, 2.24) is 5.32 Å². The summed E-state index contributed by atoms with van der Waals surface area (Å²) in [5.74, 6) is -0.257. The van der Waals surface area contributed by atoms with E-state index in [0.29, 0.717) is 12.3 Å². The van der Waals surface area contributed by atoms with Crippen LogP contribution < -0.4 is 5.32 Å². The van der Waals surface area contributed by atoms with E-state index in [4.69, 9.17) is 5.11 Å². The number of hydrogen-bond donors (Lipinski definition) is 1. The lowest BCUT2D eigenvalue weighted by atomic mass is 10.3. The Bertz CT molecular complexity index is 141. The zero-order valence-electron chi connectivity index (χ0n) is 5.32. The molecule has 2 unspecified atom stereocenters. The van der Waals surface area contributed by atoms with Crippen molar-refractivity contribution < 1.29 is 14.5 Å². The molecule has 10 heavy (non-hydrogen) atoms. The zero-order valence-corrected chi connectivity index (χ0v) is 6.13. The zero-order chi connectivity index (χ0) is 7.56. The Morgan fingerprint density at radius 2 is 2.50 bits per heavy atom. The predicted molar refractivity (Wildman–Crippen MR) is 36.3 cm³/mol. The van der Waals surface area contributed by atoms with E-state index in [0.717, 1.165) is 0 Å². The number of rotatable bonds is 1. The average molecular weight is 162 g/mol. The predicted octanol–water partition coefficient (Wildman–Crippen LogP) is -1.19. The molecule has 1 aliphatic heterocycles. The van der Waals surface area contributed by atoms with Crippen molar-refractivity contribution in [3.05, 3.63) is 0 Å². The monoisotopic (exact) mass is 162 g/mol. The van der Waals surface area contributed by atoms with Gasteiger partial charge in [0.05, 0.1) is 6.54 Å². The van der Waals surface area contributed by atoms with Gasteiger partial charge < -0.3 is 9.66 Å². The third-order valence-electron chi connectivity index (χ3n) is 1.30. The van der Waals surface area contributed by atoms with E-state index in [2.05, 4.69) is 5.32 Å². The molecule has 57 valence electrons. The molecule has 1 N–H and O–H groups in total. The molecule has 0 spiro atoms. The minimum Gasteiger partial charge on any atom is -0.616 e. The van der Waals surface area contributed by atoms with E-state index >= 15 is 0 Å². The summed E-state index contributed by atoms with van der Waals surface area (Å²) in [4.78, 5) is 10.3. The first-order valence-corrected chi connectivity index (χ1v) is 4.43. The number of carboxylic acids is 1. The standard InChI is InChI=1S/C5H8NO3S/c7-5(8)4-3-10(9)2-1-6-4/h4H,1-3H2,(H,7,8). The highest BCUT2D eigenvalue weighted by atomic mass is 32.2. The fourth-order valence-electron chi connectivity index (χ4n) is 0.772. The van der Waals surface area contributed by atoms with Gasteiger partial charge in [0, 0.05) is 0 Å². The summed E-state index contributed by atoms with van der Waals surface area (Å²) in [7, 11) is 0. The van der Waals surface area contributed by atoms with Gasteiger partial charge >= 0.3 is 5.97 Å². The molecule has 1 rings (SSSR count). The molecule has 0 aliphatic carbocycles. The molecule has 1 heterocycles. The first kappa shape index (κ1) is 7.84. The highest BCUT2D eigenvalue weighted by Gasteiger charge is 2.28. The van der Waals surface area contributed by atoms with E-state index < -0.39 is 23.2 Å². The Morgan fingerprint density at radius 1 is 1.80 bits per heavy atom. The van der Waals surface area contributed by atoms with Crippen LogP contribution in [0.15, 0.2) is 0 Å². The highest BCUT2D eigenvalue weighted by molar-refractivity contribution is 7.91. The van der Waals surface area contributed by atoms with Gasteiger partial charge in [0.15, 0.2) is 6.04 Å². The van der Waals surface area contributed by atoms with Crippen molar-refractivity contribution in [3.8, 4) is 0 Å². The van der Waals surface area contributed by atoms with Crippen LogP contribution in [0.1, 0.15) is 0 Å². The van der Waals surface area contributed by atoms with Gasteiger partial charge in [-0.25, -0.2) is 5.32 Å². The summed E-state index contributed by atoms with van der Waals surface area (Å²) < 4.78 is 10.8. The minimum atomic E-state index is -0.965. The van der Waals surface area contributed by atoms with Crippen molar-refractivity contribution in [2.24, 2.45) is 0 Å². The maximum absolute atomic E-state index is 10.8. The molecule has 1 fully saturated rings. The van der Waals surface area contributed by atoms with Gasteiger partial charge in [-0.2, -0.15) is 0 Å². The third kappa shape index (κ3) is 1.86. The van der Waals surface area contributed by atoms with Gasteiger partial charge in [0.1, 0.15) is 11.5 Å². The van der Waals surface area contributed by atoms with Gasteiger partial charge in [-0.3, -0.25) is 4.79 Å². The highest BCUT2D eigenvalue weighted by Crippen LogP contribution is 2.02. The van der Waals surface area contributed by atoms with Crippen LogP contribution in [-0.4, -0.2) is 39.7 Å². The summed E-state index contributed by atoms with van der Waals surface area (Å²) >= 11 is -0.965. The van der Waals surface area contributed by atoms with Crippen molar-refractivity contribution in [3.63, 3.8) is 0 Å². The number of hydrogen-bond acceptors (Lipinski definition) is 2. The summed E-state index contributed by atoms with van der Waals surface area (Å²) in [5.41, 5.74) is 0. The molecule has 0 bridgehead atoms. The quantitative estimate of drug-likeness (QED) is 0.492. The molecule has 0 aromatic heterocycles. The molecular weight excluding hydrogens is 154 g/mol. The van der Waals surface area contributed by atoms with Gasteiger partial charge in [-0.05, 0) is 0 Å². The van der Waals surface area contributed by atoms with E-state index in [9.17, 15) is 9.35 Å². The van der Waals surface area contributed by atoms with Crippen LogP contribution in [0.5, 0.6) is 0 Å².